The molecule has 7 heteroatoms. The zero-order chi connectivity index (χ0) is 19.5. The van der Waals surface area contributed by atoms with E-state index in [9.17, 15) is 0 Å². The first-order valence-electron chi connectivity index (χ1n) is 9.14. The van der Waals surface area contributed by atoms with Crippen molar-refractivity contribution < 1.29 is 0 Å². The monoisotopic (exact) mass is 392 g/mol. The van der Waals surface area contributed by atoms with E-state index in [-0.39, 0.29) is 0 Å². The van der Waals surface area contributed by atoms with Gasteiger partial charge in [-0.1, -0.05) is 23.7 Å². The molecular formula is C21H21ClN6. The van der Waals surface area contributed by atoms with Crippen LogP contribution in [0.5, 0.6) is 0 Å². The highest BCUT2D eigenvalue weighted by Crippen LogP contribution is 2.34. The summed E-state index contributed by atoms with van der Waals surface area (Å²) in [6.45, 7) is 4.16. The summed E-state index contributed by atoms with van der Waals surface area (Å²) in [4.78, 5) is 11.9. The first-order valence-corrected chi connectivity index (χ1v) is 9.52. The van der Waals surface area contributed by atoms with Crippen LogP contribution in [0.15, 0.2) is 55.0 Å². The normalized spacial score (nSPS) is 11.1. The Morgan fingerprint density at radius 2 is 1.79 bits per heavy atom. The highest BCUT2D eigenvalue weighted by Gasteiger charge is 2.18. The topological polar surface area (TPSA) is 82.3 Å². The fraction of sp³-hybridized carbons (Fsp3) is 0.190. The number of nitrogens with one attached hydrogen (secondary N) is 3. The second kappa shape index (κ2) is 7.86. The molecule has 28 heavy (non-hydrogen) atoms. The van der Waals surface area contributed by atoms with E-state index < -0.39 is 0 Å². The van der Waals surface area contributed by atoms with E-state index in [0.29, 0.717) is 17.5 Å². The smallest absolute Gasteiger partial charge is 0.200 e. The molecule has 0 radical (unpaired) electrons. The van der Waals surface area contributed by atoms with E-state index in [1.54, 1.807) is 12.4 Å². The Balaban J connectivity index is 1.73. The van der Waals surface area contributed by atoms with Crippen molar-refractivity contribution in [3.8, 4) is 22.4 Å². The highest BCUT2D eigenvalue weighted by atomic mass is 35.5. The number of anilines is 1. The maximum atomic E-state index is 6.05. The van der Waals surface area contributed by atoms with Crippen molar-refractivity contribution in [3.05, 3.63) is 71.4 Å². The predicted molar refractivity (Wildman–Crippen MR) is 112 cm³/mol. The van der Waals surface area contributed by atoms with E-state index in [4.69, 9.17) is 11.6 Å². The minimum absolute atomic E-state index is 0.315. The molecule has 0 fully saturated rings. The molecule has 3 aromatic heterocycles. The van der Waals surface area contributed by atoms with E-state index in [0.717, 1.165) is 39.7 Å². The molecule has 0 aliphatic rings. The Morgan fingerprint density at radius 1 is 1.04 bits per heavy atom. The van der Waals surface area contributed by atoms with Gasteiger partial charge in [0.15, 0.2) is 0 Å². The molecule has 1 aromatic carbocycles. The zero-order valence-electron chi connectivity index (χ0n) is 15.7. The maximum Gasteiger partial charge on any atom is 0.200 e. The lowest BCUT2D eigenvalue weighted by molar-refractivity contribution is 0.879. The molecule has 0 atom stereocenters. The van der Waals surface area contributed by atoms with Gasteiger partial charge in [-0.05, 0) is 43.7 Å². The number of halogens is 1. The number of aromatic amines is 2. The number of rotatable bonds is 6. The minimum Gasteiger partial charge on any atom is -0.354 e. The molecule has 0 spiro atoms. The van der Waals surface area contributed by atoms with Crippen LogP contribution in [-0.4, -0.2) is 31.2 Å². The summed E-state index contributed by atoms with van der Waals surface area (Å²) < 4.78 is 0. The van der Waals surface area contributed by atoms with E-state index in [2.05, 4.69) is 44.3 Å². The van der Waals surface area contributed by atoms with E-state index >= 15 is 0 Å². The number of imidazole rings is 1. The first kappa shape index (κ1) is 18.3. The van der Waals surface area contributed by atoms with E-state index in [1.807, 2.05) is 42.6 Å². The van der Waals surface area contributed by atoms with Crippen molar-refractivity contribution in [2.24, 2.45) is 0 Å². The van der Waals surface area contributed by atoms with Crippen molar-refractivity contribution >= 4 is 17.5 Å². The molecule has 142 valence electrons. The molecule has 4 aromatic rings. The third kappa shape index (κ3) is 3.92. The predicted octanol–water partition coefficient (Wildman–Crippen LogP) is 4.93. The molecular weight excluding hydrogens is 372 g/mol. The van der Waals surface area contributed by atoms with Gasteiger partial charge in [-0.25, -0.2) is 4.98 Å². The second-order valence-corrected chi connectivity index (χ2v) is 7.34. The zero-order valence-corrected chi connectivity index (χ0v) is 16.5. The third-order valence-electron chi connectivity index (χ3n) is 4.35. The Morgan fingerprint density at radius 3 is 2.50 bits per heavy atom. The summed E-state index contributed by atoms with van der Waals surface area (Å²) in [6, 6.07) is 12.0. The summed E-state index contributed by atoms with van der Waals surface area (Å²) in [5, 5.41) is 11.8. The van der Waals surface area contributed by atoms with Gasteiger partial charge in [0.2, 0.25) is 5.95 Å². The second-order valence-electron chi connectivity index (χ2n) is 6.90. The number of benzene rings is 1. The Kier molecular flexibility index (Phi) is 5.12. The van der Waals surface area contributed by atoms with Crippen LogP contribution in [0.25, 0.3) is 22.4 Å². The average Bonchev–Trinajstić information content (AvgIpc) is 3.30. The summed E-state index contributed by atoms with van der Waals surface area (Å²) in [6.07, 6.45) is 6.09. The van der Waals surface area contributed by atoms with Gasteiger partial charge in [0, 0.05) is 52.4 Å². The van der Waals surface area contributed by atoms with Crippen molar-refractivity contribution in [2.75, 3.05) is 5.32 Å². The van der Waals surface area contributed by atoms with Crippen LogP contribution in [0, 0.1) is 0 Å². The molecule has 0 saturated heterocycles. The standard InChI is InChI=1S/C21H21ClN6/c1-13(2)25-21-24-12-17(26-21)11-18-19(14-7-9-23-10-8-14)20(28-27-18)15-3-5-16(22)6-4-15/h3-10,12-13H,11H2,1-2H3,(H,27,28)(H2,24,25,26). The fourth-order valence-corrected chi connectivity index (χ4v) is 3.26. The lowest BCUT2D eigenvalue weighted by Crippen LogP contribution is -2.10. The first-order chi connectivity index (χ1) is 13.6. The summed E-state index contributed by atoms with van der Waals surface area (Å²) >= 11 is 6.05. The van der Waals surface area contributed by atoms with Gasteiger partial charge >= 0.3 is 0 Å². The van der Waals surface area contributed by atoms with Gasteiger partial charge in [-0.15, -0.1) is 0 Å². The molecule has 3 N–H and O–H groups in total. The average molecular weight is 393 g/mol. The van der Waals surface area contributed by atoms with Crippen molar-refractivity contribution in [1.29, 1.82) is 0 Å². The molecule has 0 aliphatic heterocycles. The number of nitrogens with zero attached hydrogens (tertiary/aromatic N) is 3. The Hall–Kier alpha value is -3.12. The van der Waals surface area contributed by atoms with Crippen LogP contribution < -0.4 is 5.32 Å². The van der Waals surface area contributed by atoms with Crippen molar-refractivity contribution in [2.45, 2.75) is 26.3 Å². The summed E-state index contributed by atoms with van der Waals surface area (Å²) in [5.41, 5.74) is 6.02. The van der Waals surface area contributed by atoms with Crippen LogP contribution in [-0.2, 0) is 6.42 Å². The van der Waals surface area contributed by atoms with Gasteiger partial charge in [-0.2, -0.15) is 5.10 Å². The molecule has 0 bridgehead atoms. The molecule has 0 saturated carbocycles. The number of pyridine rings is 1. The Labute approximate surface area is 168 Å². The van der Waals surface area contributed by atoms with Gasteiger partial charge in [0.05, 0.1) is 6.20 Å². The van der Waals surface area contributed by atoms with Gasteiger partial charge < -0.3 is 10.3 Å². The lowest BCUT2D eigenvalue weighted by Gasteiger charge is -2.07. The molecule has 0 amide bonds. The van der Waals surface area contributed by atoms with Crippen LogP contribution in [0.2, 0.25) is 5.02 Å². The minimum atomic E-state index is 0.315. The largest absolute Gasteiger partial charge is 0.354 e. The van der Waals surface area contributed by atoms with Gasteiger partial charge in [-0.3, -0.25) is 10.1 Å². The maximum absolute atomic E-state index is 6.05. The van der Waals surface area contributed by atoms with Crippen molar-refractivity contribution in [1.82, 2.24) is 25.1 Å². The molecule has 0 unspecified atom stereocenters. The highest BCUT2D eigenvalue weighted by molar-refractivity contribution is 6.30. The van der Waals surface area contributed by atoms with Gasteiger partial charge in [0.1, 0.15) is 5.69 Å². The Bertz CT molecular complexity index is 1050. The molecule has 0 aliphatic carbocycles. The number of hydrogen-bond acceptors (Lipinski definition) is 4. The summed E-state index contributed by atoms with van der Waals surface area (Å²) in [5.74, 6) is 0.771. The summed E-state index contributed by atoms with van der Waals surface area (Å²) in [7, 11) is 0. The van der Waals surface area contributed by atoms with Gasteiger partial charge in [0.25, 0.3) is 0 Å². The van der Waals surface area contributed by atoms with Crippen molar-refractivity contribution in [3.63, 3.8) is 0 Å². The van der Waals surface area contributed by atoms with E-state index in [1.165, 1.54) is 0 Å². The van der Waals surface area contributed by atoms with Crippen LogP contribution in [0.1, 0.15) is 25.2 Å². The molecule has 3 heterocycles. The SMILES string of the molecule is CC(C)Nc1ncc(Cc2[nH]nc(-c3ccc(Cl)cc3)c2-c2ccncc2)[nH]1. The number of H-pyrrole nitrogens is 2. The quantitative estimate of drug-likeness (QED) is 0.434. The number of aromatic nitrogens is 5. The van der Waals surface area contributed by atoms with Crippen LogP contribution in [0.4, 0.5) is 5.95 Å². The fourth-order valence-electron chi connectivity index (χ4n) is 3.14. The molecule has 6 nitrogen and oxygen atoms in total. The third-order valence-corrected chi connectivity index (χ3v) is 4.60. The van der Waals surface area contributed by atoms with Crippen LogP contribution in [0.3, 0.4) is 0 Å². The van der Waals surface area contributed by atoms with Crippen LogP contribution >= 0.6 is 11.6 Å². The molecule has 4 rings (SSSR count). The number of hydrogen-bond donors (Lipinski definition) is 3. The lowest BCUT2D eigenvalue weighted by atomic mass is 9.98.